The number of aliphatic hydroxyl groups is 1. The van der Waals surface area contributed by atoms with Crippen molar-refractivity contribution in [2.45, 2.75) is 46.0 Å². The summed E-state index contributed by atoms with van der Waals surface area (Å²) in [5, 5.41) is 9.63. The summed E-state index contributed by atoms with van der Waals surface area (Å²) >= 11 is 0. The van der Waals surface area contributed by atoms with Crippen LogP contribution in [0.3, 0.4) is 0 Å². The highest BCUT2D eigenvalue weighted by Gasteiger charge is 2.19. The molecule has 0 spiro atoms. The Morgan fingerprint density at radius 2 is 1.74 bits per heavy atom. The molecule has 112 valence electrons. The highest BCUT2D eigenvalue weighted by atomic mass is 16.7. The molecule has 19 heavy (non-hydrogen) atoms. The molecule has 0 saturated heterocycles. The van der Waals surface area contributed by atoms with Crippen LogP contribution in [0.5, 0.6) is 0 Å². The number of hydrogen-bond donors (Lipinski definition) is 2. The number of aliphatic hydroxyl groups excluding tert-OH is 1. The first kappa shape index (κ1) is 17.9. The second kappa shape index (κ2) is 8.87. The quantitative estimate of drug-likeness (QED) is 0.455. The first-order valence-corrected chi connectivity index (χ1v) is 6.59. The van der Waals surface area contributed by atoms with E-state index in [0.29, 0.717) is 6.42 Å². The van der Waals surface area contributed by atoms with Gasteiger partial charge in [-0.25, -0.2) is 0 Å². The number of ether oxygens (including phenoxy) is 2. The Labute approximate surface area is 114 Å². The van der Waals surface area contributed by atoms with Gasteiger partial charge in [-0.2, -0.15) is 0 Å². The predicted molar refractivity (Wildman–Crippen MR) is 69.4 cm³/mol. The molecule has 1 unspecified atom stereocenters. The maximum atomic E-state index is 11.5. The molecule has 0 aliphatic heterocycles. The van der Waals surface area contributed by atoms with Gasteiger partial charge in [-0.05, 0) is 0 Å². The van der Waals surface area contributed by atoms with Crippen LogP contribution in [0.2, 0.25) is 0 Å². The number of esters is 2. The summed E-state index contributed by atoms with van der Waals surface area (Å²) in [6.07, 6.45) is -1.21. The lowest BCUT2D eigenvalue weighted by atomic mass is 10.2. The molecule has 0 rings (SSSR count). The minimum absolute atomic E-state index is 0.0865. The lowest BCUT2D eigenvalue weighted by molar-refractivity contribution is -0.858. The van der Waals surface area contributed by atoms with Gasteiger partial charge >= 0.3 is 11.9 Å². The van der Waals surface area contributed by atoms with Crippen LogP contribution in [0.15, 0.2) is 0 Å². The zero-order valence-electron chi connectivity index (χ0n) is 12.4. The summed E-state index contributed by atoms with van der Waals surface area (Å²) < 4.78 is 9.79. The SMILES string of the molecule is CC(OC(=O)C[C@@H](O)CC[NH+](C)C)OC(=O)C(C)C. The normalized spacial score (nSPS) is 14.3. The maximum absolute atomic E-state index is 11.5. The van der Waals surface area contributed by atoms with Crippen LogP contribution in [0, 0.1) is 5.92 Å². The maximum Gasteiger partial charge on any atom is 0.311 e. The summed E-state index contributed by atoms with van der Waals surface area (Å²) in [5.41, 5.74) is 0. The smallest absolute Gasteiger partial charge is 0.311 e. The van der Waals surface area contributed by atoms with Gasteiger partial charge in [0.15, 0.2) is 0 Å². The van der Waals surface area contributed by atoms with E-state index in [1.54, 1.807) is 13.8 Å². The topological polar surface area (TPSA) is 77.3 Å². The molecule has 0 fully saturated rings. The van der Waals surface area contributed by atoms with E-state index in [9.17, 15) is 14.7 Å². The van der Waals surface area contributed by atoms with E-state index in [0.717, 1.165) is 6.54 Å². The Morgan fingerprint density at radius 1 is 1.16 bits per heavy atom. The molecule has 0 radical (unpaired) electrons. The van der Waals surface area contributed by atoms with Crippen molar-refractivity contribution < 1.29 is 29.1 Å². The largest absolute Gasteiger partial charge is 0.425 e. The lowest BCUT2D eigenvalue weighted by Crippen LogP contribution is -3.05. The van der Waals surface area contributed by atoms with Crippen molar-refractivity contribution in [3.63, 3.8) is 0 Å². The molecule has 0 aliphatic rings. The Balaban J connectivity index is 3.93. The molecule has 6 nitrogen and oxygen atoms in total. The van der Waals surface area contributed by atoms with E-state index in [1.165, 1.54) is 11.8 Å². The fraction of sp³-hybridized carbons (Fsp3) is 0.846. The van der Waals surface area contributed by atoms with Crippen LogP contribution in [-0.2, 0) is 19.1 Å². The summed E-state index contributed by atoms with van der Waals surface area (Å²) in [6.45, 7) is 5.65. The molecule has 2 atom stereocenters. The van der Waals surface area contributed by atoms with Crippen LogP contribution in [0.4, 0.5) is 0 Å². The molecule has 0 bridgehead atoms. The molecule has 0 aromatic heterocycles. The van der Waals surface area contributed by atoms with E-state index in [-0.39, 0.29) is 12.3 Å². The average Bonchev–Trinajstić information content (AvgIpc) is 2.25. The van der Waals surface area contributed by atoms with Gasteiger partial charge in [0.2, 0.25) is 6.29 Å². The number of carbonyl (C=O) groups is 2. The van der Waals surface area contributed by atoms with Gasteiger partial charge in [-0.15, -0.1) is 0 Å². The van der Waals surface area contributed by atoms with Gasteiger partial charge in [-0.3, -0.25) is 9.59 Å². The van der Waals surface area contributed by atoms with Crippen molar-refractivity contribution in [2.75, 3.05) is 20.6 Å². The van der Waals surface area contributed by atoms with Crippen molar-refractivity contribution in [3.8, 4) is 0 Å². The fourth-order valence-corrected chi connectivity index (χ4v) is 1.31. The fourth-order valence-electron chi connectivity index (χ4n) is 1.31. The zero-order valence-corrected chi connectivity index (χ0v) is 12.4. The minimum Gasteiger partial charge on any atom is -0.425 e. The van der Waals surface area contributed by atoms with Gasteiger partial charge in [0.25, 0.3) is 0 Å². The molecule has 2 N–H and O–H groups in total. The van der Waals surface area contributed by atoms with E-state index in [2.05, 4.69) is 0 Å². The van der Waals surface area contributed by atoms with E-state index in [1.807, 2.05) is 14.1 Å². The monoisotopic (exact) mass is 276 g/mol. The number of quaternary nitrogens is 1. The van der Waals surface area contributed by atoms with E-state index < -0.39 is 24.3 Å². The number of carbonyl (C=O) groups excluding carboxylic acids is 2. The van der Waals surface area contributed by atoms with Gasteiger partial charge in [0.1, 0.15) is 0 Å². The first-order chi connectivity index (χ1) is 8.72. The van der Waals surface area contributed by atoms with Crippen molar-refractivity contribution in [2.24, 2.45) is 5.92 Å². The van der Waals surface area contributed by atoms with Crippen LogP contribution < -0.4 is 4.90 Å². The van der Waals surface area contributed by atoms with Gasteiger partial charge in [0.05, 0.1) is 39.1 Å². The number of nitrogens with one attached hydrogen (secondary N) is 1. The molecule has 0 amide bonds. The van der Waals surface area contributed by atoms with Crippen LogP contribution in [0.25, 0.3) is 0 Å². The molecule has 0 aromatic rings. The van der Waals surface area contributed by atoms with E-state index in [4.69, 9.17) is 9.47 Å². The Kier molecular flexibility index (Phi) is 8.34. The molecule has 0 saturated carbocycles. The highest BCUT2D eigenvalue weighted by molar-refractivity contribution is 5.72. The summed E-state index contributed by atoms with van der Waals surface area (Å²) in [4.78, 5) is 23.9. The molecule has 0 aromatic carbocycles. The van der Waals surface area contributed by atoms with Crippen LogP contribution in [-0.4, -0.2) is 50.1 Å². The molecular weight excluding hydrogens is 250 g/mol. The lowest BCUT2D eigenvalue weighted by Gasteiger charge is -2.17. The third-order valence-electron chi connectivity index (χ3n) is 2.43. The van der Waals surface area contributed by atoms with E-state index >= 15 is 0 Å². The van der Waals surface area contributed by atoms with Crippen molar-refractivity contribution in [1.82, 2.24) is 0 Å². The second-order valence-corrected chi connectivity index (χ2v) is 5.25. The standard InChI is InChI=1S/C13H25NO5/c1-9(2)13(17)19-10(3)18-12(16)8-11(15)6-7-14(4)5/h9-11,15H,6-8H2,1-5H3/p+1/t10?,11-/m0/s1. The van der Waals surface area contributed by atoms with Gasteiger partial charge in [0, 0.05) is 13.3 Å². The van der Waals surface area contributed by atoms with Crippen LogP contribution >= 0.6 is 0 Å². The third-order valence-corrected chi connectivity index (χ3v) is 2.43. The van der Waals surface area contributed by atoms with Gasteiger partial charge < -0.3 is 19.5 Å². The Morgan fingerprint density at radius 3 is 2.21 bits per heavy atom. The Hall–Kier alpha value is -1.14. The van der Waals surface area contributed by atoms with Crippen molar-refractivity contribution >= 4 is 11.9 Å². The molecular formula is C13H26NO5+. The van der Waals surface area contributed by atoms with Crippen molar-refractivity contribution in [3.05, 3.63) is 0 Å². The van der Waals surface area contributed by atoms with Crippen molar-refractivity contribution in [1.29, 1.82) is 0 Å². The third kappa shape index (κ3) is 9.44. The average molecular weight is 276 g/mol. The number of hydrogen-bond acceptors (Lipinski definition) is 5. The summed E-state index contributed by atoms with van der Waals surface area (Å²) in [6, 6.07) is 0. The molecule has 0 aliphatic carbocycles. The summed E-state index contributed by atoms with van der Waals surface area (Å²) in [5.74, 6) is -1.25. The number of rotatable bonds is 8. The minimum atomic E-state index is -0.922. The predicted octanol–water partition coefficient (Wildman–Crippen LogP) is -0.640. The van der Waals surface area contributed by atoms with Crippen LogP contribution in [0.1, 0.15) is 33.6 Å². The highest BCUT2D eigenvalue weighted by Crippen LogP contribution is 2.05. The first-order valence-electron chi connectivity index (χ1n) is 6.59. The molecule has 6 heteroatoms. The Bertz CT molecular complexity index is 291. The zero-order chi connectivity index (χ0) is 15.0. The van der Waals surface area contributed by atoms with Gasteiger partial charge in [-0.1, -0.05) is 13.8 Å². The molecule has 0 heterocycles. The summed E-state index contributed by atoms with van der Waals surface area (Å²) in [7, 11) is 3.94. The second-order valence-electron chi connectivity index (χ2n) is 5.25.